The molecule has 1 atom stereocenters. The molecule has 2 heteroatoms. The molecule has 0 saturated carbocycles. The molecule has 2 rings (SSSR count). The average molecular weight is 285 g/mol. The first kappa shape index (κ1) is 15.7. The highest BCUT2D eigenvalue weighted by Gasteiger charge is 2.10. The fourth-order valence-corrected chi connectivity index (χ4v) is 2.74. The van der Waals surface area contributed by atoms with Crippen molar-refractivity contribution in [1.29, 1.82) is 0 Å². The van der Waals surface area contributed by atoms with Crippen molar-refractivity contribution in [3.8, 4) is 0 Å². The number of hydrogen-bond donors (Lipinski definition) is 1. The number of halogens is 1. The number of rotatable bonds is 6. The van der Waals surface area contributed by atoms with E-state index in [2.05, 4.69) is 36.5 Å². The molecule has 0 aliphatic carbocycles. The minimum atomic E-state index is -0.0908. The fraction of sp³-hybridized carbons (Fsp3) is 0.368. The van der Waals surface area contributed by atoms with Gasteiger partial charge in [-0.1, -0.05) is 55.8 Å². The van der Waals surface area contributed by atoms with Gasteiger partial charge in [0, 0.05) is 12.6 Å². The van der Waals surface area contributed by atoms with Crippen molar-refractivity contribution in [2.24, 2.45) is 0 Å². The van der Waals surface area contributed by atoms with Crippen LogP contribution in [0.4, 0.5) is 4.39 Å². The first-order chi connectivity index (χ1) is 10.1. The zero-order chi connectivity index (χ0) is 15.2. The van der Waals surface area contributed by atoms with Crippen molar-refractivity contribution in [2.45, 2.75) is 46.2 Å². The van der Waals surface area contributed by atoms with Crippen molar-refractivity contribution >= 4 is 0 Å². The molecule has 21 heavy (non-hydrogen) atoms. The summed E-state index contributed by atoms with van der Waals surface area (Å²) in [5.41, 5.74) is 3.90. The number of benzene rings is 2. The van der Waals surface area contributed by atoms with Gasteiger partial charge in [-0.05, 0) is 42.5 Å². The van der Waals surface area contributed by atoms with Gasteiger partial charge in [0.2, 0.25) is 0 Å². The first-order valence-corrected chi connectivity index (χ1v) is 7.65. The lowest BCUT2D eigenvalue weighted by Crippen LogP contribution is -2.21. The molecular formula is C19H24FN. The van der Waals surface area contributed by atoms with Crippen molar-refractivity contribution in [1.82, 2.24) is 5.32 Å². The molecule has 1 N–H and O–H groups in total. The minimum absolute atomic E-state index is 0.0908. The maximum absolute atomic E-state index is 13.7. The maximum Gasteiger partial charge on any atom is 0.129 e. The monoisotopic (exact) mass is 285 g/mol. The van der Waals surface area contributed by atoms with Gasteiger partial charge in [0.15, 0.2) is 0 Å². The van der Waals surface area contributed by atoms with E-state index in [4.69, 9.17) is 0 Å². The van der Waals surface area contributed by atoms with Crippen LogP contribution < -0.4 is 5.32 Å². The van der Waals surface area contributed by atoms with E-state index < -0.39 is 0 Å². The van der Waals surface area contributed by atoms with E-state index in [1.165, 1.54) is 5.56 Å². The van der Waals surface area contributed by atoms with Gasteiger partial charge in [0.05, 0.1) is 0 Å². The van der Waals surface area contributed by atoms with Gasteiger partial charge in [0.25, 0.3) is 0 Å². The summed E-state index contributed by atoms with van der Waals surface area (Å²) in [5, 5.41) is 3.60. The third-order valence-electron chi connectivity index (χ3n) is 3.83. The Bertz CT molecular complexity index is 554. The molecule has 0 saturated heterocycles. The van der Waals surface area contributed by atoms with Gasteiger partial charge in [-0.2, -0.15) is 0 Å². The molecule has 2 aromatic rings. The van der Waals surface area contributed by atoms with Gasteiger partial charge in [-0.15, -0.1) is 0 Å². The van der Waals surface area contributed by atoms with Crippen molar-refractivity contribution in [2.75, 3.05) is 0 Å². The predicted octanol–water partition coefficient (Wildman–Crippen LogP) is 5.07. The van der Waals surface area contributed by atoms with Crippen LogP contribution in [-0.2, 0) is 6.54 Å². The van der Waals surface area contributed by atoms with Crippen LogP contribution in [0, 0.1) is 19.7 Å². The summed E-state index contributed by atoms with van der Waals surface area (Å²) in [6, 6.07) is 14.7. The Balaban J connectivity index is 2.09. The molecule has 0 aromatic heterocycles. The number of nitrogens with one attached hydrogen (secondary N) is 1. The van der Waals surface area contributed by atoms with E-state index in [1.54, 1.807) is 0 Å². The van der Waals surface area contributed by atoms with Crippen LogP contribution in [0.25, 0.3) is 0 Å². The SMILES string of the molecule is CCCC(NCc1cc(C)c(F)c(C)c1)c1ccccc1. The quantitative estimate of drug-likeness (QED) is 0.781. The smallest absolute Gasteiger partial charge is 0.129 e. The third kappa shape index (κ3) is 4.15. The molecular weight excluding hydrogens is 261 g/mol. The van der Waals surface area contributed by atoms with E-state index in [1.807, 2.05) is 32.0 Å². The third-order valence-corrected chi connectivity index (χ3v) is 3.83. The lowest BCUT2D eigenvalue weighted by Gasteiger charge is -2.19. The van der Waals surface area contributed by atoms with Crippen LogP contribution in [-0.4, -0.2) is 0 Å². The second-order valence-electron chi connectivity index (χ2n) is 5.68. The molecule has 0 bridgehead atoms. The topological polar surface area (TPSA) is 12.0 Å². The second-order valence-corrected chi connectivity index (χ2v) is 5.68. The molecule has 0 fully saturated rings. The number of aryl methyl sites for hydroxylation is 2. The second kappa shape index (κ2) is 7.37. The summed E-state index contributed by atoms with van der Waals surface area (Å²) in [7, 11) is 0. The summed E-state index contributed by atoms with van der Waals surface area (Å²) in [4.78, 5) is 0. The summed E-state index contributed by atoms with van der Waals surface area (Å²) in [6.07, 6.45) is 2.23. The Labute approximate surface area is 127 Å². The van der Waals surface area contributed by atoms with Crippen molar-refractivity contribution in [3.63, 3.8) is 0 Å². The highest BCUT2D eigenvalue weighted by molar-refractivity contribution is 5.30. The molecule has 0 aliphatic heterocycles. The van der Waals surface area contributed by atoms with E-state index in [9.17, 15) is 4.39 Å². The zero-order valence-corrected chi connectivity index (χ0v) is 13.1. The van der Waals surface area contributed by atoms with Crippen molar-refractivity contribution in [3.05, 3.63) is 70.5 Å². The average Bonchev–Trinajstić information content (AvgIpc) is 2.49. The summed E-state index contributed by atoms with van der Waals surface area (Å²) < 4.78 is 13.7. The first-order valence-electron chi connectivity index (χ1n) is 7.65. The summed E-state index contributed by atoms with van der Waals surface area (Å²) in [6.45, 7) is 6.62. The van der Waals surface area contributed by atoms with Gasteiger partial charge < -0.3 is 5.32 Å². The van der Waals surface area contributed by atoms with Crippen LogP contribution >= 0.6 is 0 Å². The number of hydrogen-bond acceptors (Lipinski definition) is 1. The van der Waals surface area contributed by atoms with Crippen molar-refractivity contribution < 1.29 is 4.39 Å². The fourth-order valence-electron chi connectivity index (χ4n) is 2.74. The van der Waals surface area contributed by atoms with Gasteiger partial charge in [0.1, 0.15) is 5.82 Å². The normalized spacial score (nSPS) is 12.4. The molecule has 2 aromatic carbocycles. The standard InChI is InChI=1S/C19H24FN/c1-4-8-18(17-9-6-5-7-10-17)21-13-16-11-14(2)19(20)15(3)12-16/h5-7,9-12,18,21H,4,8,13H2,1-3H3. The molecule has 0 heterocycles. The Morgan fingerprint density at radius 3 is 2.24 bits per heavy atom. The Morgan fingerprint density at radius 2 is 1.67 bits per heavy atom. The van der Waals surface area contributed by atoms with Crippen LogP contribution in [0.3, 0.4) is 0 Å². The van der Waals surface area contributed by atoms with E-state index in [0.717, 1.165) is 36.1 Å². The molecule has 0 spiro atoms. The van der Waals surface area contributed by atoms with Crippen LogP contribution in [0.2, 0.25) is 0 Å². The van der Waals surface area contributed by atoms with E-state index in [0.29, 0.717) is 6.04 Å². The largest absolute Gasteiger partial charge is 0.306 e. The van der Waals surface area contributed by atoms with Crippen LogP contribution in [0.15, 0.2) is 42.5 Å². The predicted molar refractivity (Wildman–Crippen MR) is 86.8 cm³/mol. The minimum Gasteiger partial charge on any atom is -0.306 e. The highest BCUT2D eigenvalue weighted by atomic mass is 19.1. The summed E-state index contributed by atoms with van der Waals surface area (Å²) in [5.74, 6) is -0.0908. The molecule has 1 unspecified atom stereocenters. The summed E-state index contributed by atoms with van der Waals surface area (Å²) >= 11 is 0. The van der Waals surface area contributed by atoms with E-state index >= 15 is 0 Å². The Hall–Kier alpha value is -1.67. The zero-order valence-electron chi connectivity index (χ0n) is 13.1. The van der Waals surface area contributed by atoms with E-state index in [-0.39, 0.29) is 5.82 Å². The van der Waals surface area contributed by atoms with Gasteiger partial charge in [-0.25, -0.2) is 4.39 Å². The van der Waals surface area contributed by atoms with Crippen LogP contribution in [0.1, 0.15) is 48.1 Å². The molecule has 0 radical (unpaired) electrons. The molecule has 1 nitrogen and oxygen atoms in total. The molecule has 112 valence electrons. The lowest BCUT2D eigenvalue weighted by atomic mass is 10.0. The Kier molecular flexibility index (Phi) is 5.51. The molecule has 0 amide bonds. The van der Waals surface area contributed by atoms with Gasteiger partial charge >= 0.3 is 0 Å². The highest BCUT2D eigenvalue weighted by Crippen LogP contribution is 2.20. The Morgan fingerprint density at radius 1 is 1.05 bits per heavy atom. The maximum atomic E-state index is 13.7. The lowest BCUT2D eigenvalue weighted by molar-refractivity contribution is 0.493. The van der Waals surface area contributed by atoms with Gasteiger partial charge in [-0.3, -0.25) is 0 Å². The molecule has 0 aliphatic rings. The van der Waals surface area contributed by atoms with Crippen LogP contribution in [0.5, 0.6) is 0 Å².